The molecule has 0 amide bonds. The van der Waals surface area contributed by atoms with Crippen LogP contribution in [-0.4, -0.2) is 332 Å². The Morgan fingerprint density at radius 1 is 0.535 bits per heavy atom. The third-order valence-corrected chi connectivity index (χ3v) is 24.8. The molecular weight excluding hydrogens is 1340 g/mol. The zero-order valence-electron chi connectivity index (χ0n) is 58.9. The largest absolute Gasteiger partial charge is 0.462 e. The molecule has 0 bridgehead atoms. The molecule has 33 nitrogen and oxygen atoms in total. The van der Waals surface area contributed by atoms with Gasteiger partial charge in [0.05, 0.1) is 51.2 Å². The fourth-order valence-corrected chi connectivity index (χ4v) is 19.6. The summed E-state index contributed by atoms with van der Waals surface area (Å²) in [7, 11) is 2.37. The van der Waals surface area contributed by atoms with E-state index in [1.54, 1.807) is 0 Å². The first-order valence-electron chi connectivity index (χ1n) is 35.6. The summed E-state index contributed by atoms with van der Waals surface area (Å²) in [6.07, 6.45) is -41.1. The Hall–Kier alpha value is -2.48. The van der Waals surface area contributed by atoms with Gasteiger partial charge in [0.2, 0.25) is 0 Å². The molecular formula is C68H110O33. The molecule has 1 spiro atoms. The molecule has 0 aromatic carbocycles. The van der Waals surface area contributed by atoms with Crippen LogP contribution in [-0.2, 0) is 85.4 Å². The molecule has 0 aromatic rings. The van der Waals surface area contributed by atoms with Gasteiger partial charge in [0, 0.05) is 38.9 Å². The molecule has 580 valence electrons. The lowest BCUT2D eigenvalue weighted by molar-refractivity contribution is -0.396. The third-order valence-electron chi connectivity index (χ3n) is 24.8. The molecule has 7 saturated heterocycles. The number of methoxy groups -OCH3 is 2. The third kappa shape index (κ3) is 14.3. The van der Waals surface area contributed by atoms with Crippen LogP contribution in [0.1, 0.15) is 113 Å². The van der Waals surface area contributed by atoms with E-state index in [0.717, 1.165) is 12.8 Å². The normalized spacial score (nSPS) is 50.9. The van der Waals surface area contributed by atoms with Gasteiger partial charge in [-0.3, -0.25) is 9.59 Å². The predicted molar refractivity (Wildman–Crippen MR) is 337 cm³/mol. The smallest absolute Gasteiger partial charge is 0.313 e. The maximum absolute atomic E-state index is 14.8. The van der Waals surface area contributed by atoms with Gasteiger partial charge in [-0.1, -0.05) is 53.2 Å². The first kappa shape index (κ1) is 79.6. The van der Waals surface area contributed by atoms with Crippen LogP contribution in [0.3, 0.4) is 0 Å². The number of fused-ring (bicyclic) bond motifs is 4. The van der Waals surface area contributed by atoms with Gasteiger partial charge in [-0.2, -0.15) is 0 Å². The van der Waals surface area contributed by atoms with E-state index in [4.69, 9.17) is 75.8 Å². The minimum absolute atomic E-state index is 0.0434. The fourth-order valence-electron chi connectivity index (χ4n) is 19.6. The van der Waals surface area contributed by atoms with Crippen LogP contribution >= 0.6 is 0 Å². The number of carbonyl (C=O) groups is 2. The highest BCUT2D eigenvalue weighted by Gasteiger charge is 2.77. The van der Waals surface area contributed by atoms with Crippen molar-refractivity contribution in [3.05, 3.63) is 11.6 Å². The summed E-state index contributed by atoms with van der Waals surface area (Å²) in [6, 6.07) is 0. The second-order valence-electron chi connectivity index (χ2n) is 31.4. The molecule has 37 atom stereocenters. The Labute approximate surface area is 585 Å². The lowest BCUT2D eigenvalue weighted by Crippen LogP contribution is -2.67. The van der Waals surface area contributed by atoms with E-state index in [9.17, 15) is 86.2 Å². The topological polar surface area (TPSA) is 485 Å². The van der Waals surface area contributed by atoms with E-state index in [-0.39, 0.29) is 41.0 Å². The molecule has 33 heteroatoms. The highest BCUT2D eigenvalue weighted by Crippen LogP contribution is 2.76. The van der Waals surface area contributed by atoms with Gasteiger partial charge < -0.3 is 152 Å². The van der Waals surface area contributed by atoms with Gasteiger partial charge in [-0.05, 0) is 86.9 Å². The van der Waals surface area contributed by atoms with Crippen LogP contribution in [0.15, 0.2) is 11.6 Å². The van der Waals surface area contributed by atoms with Gasteiger partial charge in [0.15, 0.2) is 37.7 Å². The number of aliphatic hydroxyl groups excluding tert-OH is 15. The number of rotatable bonds is 23. The second-order valence-corrected chi connectivity index (χ2v) is 31.4. The molecule has 10 fully saturated rings. The average Bonchev–Trinajstić information content (AvgIpc) is 1.53. The first-order chi connectivity index (χ1) is 47.7. The van der Waals surface area contributed by atoms with Gasteiger partial charge >= 0.3 is 11.9 Å². The van der Waals surface area contributed by atoms with Gasteiger partial charge in [0.1, 0.15) is 146 Å². The monoisotopic (exact) mass is 1450 g/mol. The van der Waals surface area contributed by atoms with Crippen molar-refractivity contribution in [1.82, 2.24) is 0 Å². The van der Waals surface area contributed by atoms with Crippen LogP contribution in [0.5, 0.6) is 0 Å². The maximum atomic E-state index is 14.8. The lowest BCUT2D eigenvalue weighted by Gasteiger charge is -2.64. The van der Waals surface area contributed by atoms with Crippen molar-refractivity contribution >= 4 is 11.9 Å². The number of ether oxygens (including phenoxy) is 16. The minimum atomic E-state index is -2.13. The van der Waals surface area contributed by atoms with Gasteiger partial charge in [-0.25, -0.2) is 0 Å². The van der Waals surface area contributed by atoms with Crippen molar-refractivity contribution < 1.29 is 162 Å². The SMILES string of the molecule is CO[C@@H]1[C@@H](O)[C@H](O[C@@H]2[C@@H](O)[C@H](O[C@@H]3CO[C@@H](O[C@H]4CC[C@]5(C)[C@@H]6CC[C@@]78C(=O)O[C@@](C)(C[C@H](CC(C)C)OC(C)=O)[C@H]7CC[C@@]8(C)C6=CC[C@H]5C4(C)C)[C@H](O[C@@H]4O[C@H](CO)[C@@H](O[C@@H]5OC[C@@H](O)[C@H](O[C@@H]6O[C@H](CO)[C@@H](O)[C@H](OC)[C@H]6O)[C@H]5O)[C@H](O)[C@H]4O)[C@H]3O)O[C@H](CO)[C@H]2O)O[C@H](CO)[C@H]1O. The first-order valence-corrected chi connectivity index (χ1v) is 35.6. The Bertz CT molecular complexity index is 2820. The van der Waals surface area contributed by atoms with Gasteiger partial charge in [0.25, 0.3) is 0 Å². The molecule has 4 aliphatic carbocycles. The zero-order chi connectivity index (χ0) is 73.5. The Morgan fingerprint density at radius 2 is 1.05 bits per heavy atom. The molecule has 3 saturated carbocycles. The van der Waals surface area contributed by atoms with Gasteiger partial charge in [-0.15, -0.1) is 0 Å². The van der Waals surface area contributed by atoms with Crippen molar-refractivity contribution in [3.63, 3.8) is 0 Å². The predicted octanol–water partition coefficient (Wildman–Crippen LogP) is -3.85. The number of aliphatic hydroxyl groups is 15. The van der Waals surface area contributed by atoms with Crippen LogP contribution in [0.25, 0.3) is 0 Å². The summed E-state index contributed by atoms with van der Waals surface area (Å²) in [5, 5.41) is 167. The molecule has 0 radical (unpaired) electrons. The Kier molecular flexibility index (Phi) is 24.6. The molecule has 0 unspecified atom stereocenters. The van der Waals surface area contributed by atoms with Crippen molar-refractivity contribution in [1.29, 1.82) is 0 Å². The van der Waals surface area contributed by atoms with Crippen molar-refractivity contribution in [2.45, 2.75) is 303 Å². The fraction of sp³-hybridized carbons (Fsp3) is 0.941. The summed E-state index contributed by atoms with van der Waals surface area (Å²) >= 11 is 0. The highest BCUT2D eigenvalue weighted by atomic mass is 16.8. The summed E-state index contributed by atoms with van der Waals surface area (Å²) in [5.74, 6) is -0.435. The second kappa shape index (κ2) is 31.2. The summed E-state index contributed by atoms with van der Waals surface area (Å²) in [4.78, 5) is 27.2. The molecule has 11 aliphatic rings. The van der Waals surface area contributed by atoms with E-state index < -0.39 is 246 Å². The molecule has 15 N–H and O–H groups in total. The summed E-state index contributed by atoms with van der Waals surface area (Å²) < 4.78 is 95.8. The molecule has 0 aromatic heterocycles. The van der Waals surface area contributed by atoms with Crippen LogP contribution < -0.4 is 0 Å². The Balaban J connectivity index is 0.836. The quantitative estimate of drug-likeness (QED) is 0.0344. The standard InChI is InChI=1S/C68H110O33/c1-27(2)19-29(90-28(3)73)20-67(8)39-14-17-66(7)31-11-12-38-64(4,5)40(15-16-65(38,6)30(31)13-18-68(39,66)63(85)101-67)96-62-56(44(78)37(26-89-62)95-59-50(84)55(43(77)35(23-71)91-59)99-61-49(83)54(87-10)42(76)34(22-70)93-61)100-58-46(80)45(79)52(36(24-72)94-58)98-57-47(81)51(32(74)25-88-57)97-60-48(82)53(86-9)41(75)33(21-69)92-60/h11,27,29-30,32-62,69-72,74-84H,12-26H2,1-10H3/t29-,30+,32+,33+,34+,35+,36+,37+,38-,39+,40-,41+,42+,43+,44-,45+,46+,47+,48+,49+,50+,51-,52+,53-,54-,55-,56+,57-,58-,59-,60-,61-,62-,65+,66-,67-,68-/m0/s1. The van der Waals surface area contributed by atoms with Crippen LogP contribution in [0, 0.1) is 45.3 Å². The van der Waals surface area contributed by atoms with E-state index in [1.165, 1.54) is 26.7 Å². The van der Waals surface area contributed by atoms with E-state index in [1.807, 2.05) is 6.92 Å². The van der Waals surface area contributed by atoms with E-state index in [2.05, 4.69) is 47.6 Å². The zero-order valence-corrected chi connectivity index (χ0v) is 58.9. The highest BCUT2D eigenvalue weighted by molar-refractivity contribution is 5.83. The van der Waals surface area contributed by atoms with Crippen molar-refractivity contribution in [2.24, 2.45) is 45.3 Å². The molecule has 101 heavy (non-hydrogen) atoms. The molecule has 7 heterocycles. The summed E-state index contributed by atoms with van der Waals surface area (Å²) in [5.41, 5.74) is -1.92. The Morgan fingerprint density at radius 3 is 1.62 bits per heavy atom. The minimum Gasteiger partial charge on any atom is -0.462 e. The average molecular weight is 1460 g/mol. The number of carbonyl (C=O) groups excluding carboxylic acids is 2. The maximum Gasteiger partial charge on any atom is 0.313 e. The molecule has 11 rings (SSSR count). The number of esters is 2. The lowest BCUT2D eigenvalue weighted by atomic mass is 9.41. The van der Waals surface area contributed by atoms with Crippen molar-refractivity contribution in [2.75, 3.05) is 53.9 Å². The summed E-state index contributed by atoms with van der Waals surface area (Å²) in [6.45, 7) is 11.8. The number of hydrogen-bond acceptors (Lipinski definition) is 33. The van der Waals surface area contributed by atoms with E-state index in [0.29, 0.717) is 44.9 Å². The number of cyclic esters (lactones) is 1. The van der Waals surface area contributed by atoms with Crippen LogP contribution in [0.2, 0.25) is 0 Å². The van der Waals surface area contributed by atoms with Crippen molar-refractivity contribution in [3.8, 4) is 0 Å². The van der Waals surface area contributed by atoms with E-state index >= 15 is 0 Å². The number of allylic oxidation sites excluding steroid dienone is 2. The number of hydrogen-bond donors (Lipinski definition) is 15. The van der Waals surface area contributed by atoms with Crippen LogP contribution in [0.4, 0.5) is 0 Å². The molecule has 7 aliphatic heterocycles.